The first-order valence-corrected chi connectivity index (χ1v) is 22.5. The lowest BCUT2D eigenvalue weighted by molar-refractivity contribution is 0.590. The van der Waals surface area contributed by atoms with E-state index in [-0.39, 0.29) is 17.7 Å². The highest BCUT2D eigenvalue weighted by Gasteiger charge is 2.46. The molecule has 0 bridgehead atoms. The lowest BCUT2D eigenvalue weighted by atomic mass is 9.44. The number of anilines is 2. The highest BCUT2D eigenvalue weighted by atomic mass is 32.1. The van der Waals surface area contributed by atoms with E-state index < -0.39 is 0 Å². The van der Waals surface area contributed by atoms with E-state index in [1.54, 1.807) is 0 Å². The molecule has 3 aromatic heterocycles. The summed E-state index contributed by atoms with van der Waals surface area (Å²) in [6.45, 7) is 11.5. The molecule has 1 aliphatic carbocycles. The Kier molecular flexibility index (Phi) is 6.58. The van der Waals surface area contributed by atoms with E-state index in [1.807, 2.05) is 29.5 Å². The van der Waals surface area contributed by atoms with Crippen LogP contribution in [-0.4, -0.2) is 16.4 Å². The van der Waals surface area contributed by atoms with E-state index in [2.05, 4.69) is 177 Å². The van der Waals surface area contributed by atoms with Crippen LogP contribution in [0.25, 0.3) is 92.5 Å². The summed E-state index contributed by atoms with van der Waals surface area (Å²) in [5.74, 6) is 0.635. The van der Waals surface area contributed by atoms with Gasteiger partial charge >= 0.3 is 6.85 Å². The second kappa shape index (κ2) is 11.7. The summed E-state index contributed by atoms with van der Waals surface area (Å²) in [6, 6.07) is 56.9. The lowest BCUT2D eigenvalue weighted by Crippen LogP contribution is -2.60. The summed E-state index contributed by atoms with van der Waals surface area (Å²) in [5, 5.41) is 5.15. The van der Waals surface area contributed by atoms with Crippen molar-refractivity contribution in [3.8, 4) is 39.4 Å². The fraction of sp³-hybridized carbons (Fsp3) is 0.125. The number of hydrogen-bond donors (Lipinski definition) is 0. The van der Waals surface area contributed by atoms with Crippen LogP contribution in [-0.2, 0) is 10.8 Å². The van der Waals surface area contributed by atoms with Crippen LogP contribution in [0.15, 0.2) is 156 Å². The number of fused-ring (bicyclic) bond motifs is 15. The predicted octanol–water partition coefficient (Wildman–Crippen LogP) is 13.8. The highest BCUT2D eigenvalue weighted by molar-refractivity contribution is 7.25. The van der Waals surface area contributed by atoms with Crippen molar-refractivity contribution in [2.45, 2.75) is 45.4 Å². The first kappa shape index (κ1) is 34.8. The third kappa shape index (κ3) is 4.45. The van der Waals surface area contributed by atoms with Crippen molar-refractivity contribution in [2.75, 3.05) is 4.81 Å². The molecule has 62 heavy (non-hydrogen) atoms. The smallest absolute Gasteiger partial charge is 0.333 e. The van der Waals surface area contributed by atoms with Gasteiger partial charge in [-0.2, -0.15) is 0 Å². The molecule has 5 heterocycles. The molecule has 0 amide bonds. The van der Waals surface area contributed by atoms with Crippen molar-refractivity contribution in [1.29, 1.82) is 0 Å². The number of hydrogen-bond acceptors (Lipinski definition) is 4. The van der Waals surface area contributed by atoms with Gasteiger partial charge < -0.3 is 13.8 Å². The molecular weight excluding hydrogens is 774 g/mol. The minimum atomic E-state index is -0.139. The van der Waals surface area contributed by atoms with Crippen LogP contribution in [0, 0.1) is 0 Å². The lowest BCUT2D eigenvalue weighted by Gasteiger charge is -2.42. The van der Waals surface area contributed by atoms with Gasteiger partial charge in [-0.3, -0.25) is 0 Å². The van der Waals surface area contributed by atoms with E-state index in [0.717, 1.165) is 22.4 Å². The summed E-state index contributed by atoms with van der Waals surface area (Å²) in [5.41, 5.74) is 20.4. The molecule has 8 aromatic carbocycles. The zero-order valence-electron chi connectivity index (χ0n) is 35.2. The summed E-state index contributed by atoms with van der Waals surface area (Å²) in [7, 11) is 0. The number of benzene rings is 8. The molecule has 14 rings (SSSR count). The van der Waals surface area contributed by atoms with E-state index in [0.29, 0.717) is 5.89 Å². The first-order chi connectivity index (χ1) is 30.1. The zero-order valence-corrected chi connectivity index (χ0v) is 36.0. The second-order valence-corrected chi connectivity index (χ2v) is 20.2. The average molecular weight is 814 g/mol. The van der Waals surface area contributed by atoms with Gasteiger partial charge in [0.05, 0.1) is 11.0 Å². The van der Waals surface area contributed by atoms with E-state index >= 15 is 0 Å². The van der Waals surface area contributed by atoms with E-state index in [4.69, 9.17) is 9.40 Å². The van der Waals surface area contributed by atoms with Gasteiger partial charge in [0.2, 0.25) is 5.89 Å². The van der Waals surface area contributed by atoms with Gasteiger partial charge in [-0.05, 0) is 110 Å². The SMILES string of the molecule is CC(C)(C)c1ccc(N2B3c4cc5nc(-c6ccccc6)oc5cc4-n4c5cc6c(cc5c5ccc(c3c54)-c3cc4c(cc32)-c2ccccc2C4(C)C)sc2ccccc26)cc1. The normalized spacial score (nSPS) is 14.6. The van der Waals surface area contributed by atoms with Gasteiger partial charge in [0.25, 0.3) is 0 Å². The maximum Gasteiger partial charge on any atom is 0.333 e. The molecule has 3 aliphatic rings. The first-order valence-electron chi connectivity index (χ1n) is 21.7. The molecule has 6 heteroatoms. The Bertz CT molecular complexity index is 3770. The Balaban J connectivity index is 1.14. The third-order valence-corrected chi connectivity index (χ3v) is 15.5. The zero-order chi connectivity index (χ0) is 41.4. The van der Waals surface area contributed by atoms with Crippen LogP contribution in [0.4, 0.5) is 11.4 Å². The Labute approximate surface area is 363 Å². The number of oxazole rings is 1. The standard InChI is InChI=1S/C56H40BN3OS/c1-55(2,3)32-19-21-33(22-20-32)60-47-26-38-34-15-9-11-17-42(34)56(4,5)43(38)25-39(47)36-23-24-37-40-28-51-41(35-16-10-12-18-50(35)62-51)27-46(40)59-48-30-49-45(29-44(48)57(60)52(36)53(37)59)58-54(61-49)31-13-7-6-8-14-31/h6-30H,1-5H3. The maximum absolute atomic E-state index is 6.69. The second-order valence-electron chi connectivity index (χ2n) is 19.1. The molecule has 0 atom stereocenters. The van der Waals surface area contributed by atoms with Crippen LogP contribution in [0.2, 0.25) is 0 Å². The minimum absolute atomic E-state index is 0.0275. The van der Waals surface area contributed by atoms with Crippen LogP contribution in [0.1, 0.15) is 51.3 Å². The van der Waals surface area contributed by atoms with Crippen molar-refractivity contribution < 1.29 is 4.42 Å². The molecule has 0 unspecified atom stereocenters. The summed E-state index contributed by atoms with van der Waals surface area (Å²) < 4.78 is 11.9. The van der Waals surface area contributed by atoms with Crippen LogP contribution < -0.4 is 15.7 Å². The van der Waals surface area contributed by atoms with Gasteiger partial charge in [-0.15, -0.1) is 11.3 Å². The highest BCUT2D eigenvalue weighted by Crippen LogP contribution is 2.54. The Hall–Kier alpha value is -6.89. The molecule has 0 saturated carbocycles. The molecule has 0 spiro atoms. The van der Waals surface area contributed by atoms with Crippen molar-refractivity contribution in [3.63, 3.8) is 0 Å². The van der Waals surface area contributed by atoms with Crippen molar-refractivity contribution in [3.05, 3.63) is 168 Å². The third-order valence-electron chi connectivity index (χ3n) is 14.4. The van der Waals surface area contributed by atoms with Gasteiger partial charge in [0, 0.05) is 70.6 Å². The fourth-order valence-electron chi connectivity index (χ4n) is 11.3. The number of thiophene rings is 1. The largest absolute Gasteiger partial charge is 0.436 e. The number of aromatic nitrogens is 2. The minimum Gasteiger partial charge on any atom is -0.436 e. The Morgan fingerprint density at radius 2 is 1.40 bits per heavy atom. The summed E-state index contributed by atoms with van der Waals surface area (Å²) in [6.07, 6.45) is 0. The predicted molar refractivity (Wildman–Crippen MR) is 262 cm³/mol. The molecule has 4 nitrogen and oxygen atoms in total. The van der Waals surface area contributed by atoms with Gasteiger partial charge in [0.15, 0.2) is 5.58 Å². The number of rotatable bonds is 2. The summed E-state index contributed by atoms with van der Waals surface area (Å²) >= 11 is 1.89. The maximum atomic E-state index is 6.69. The molecule has 0 fully saturated rings. The quantitative estimate of drug-likeness (QED) is 0.163. The van der Waals surface area contributed by atoms with Gasteiger partial charge in [0.1, 0.15) is 5.52 Å². The van der Waals surface area contributed by atoms with Gasteiger partial charge in [-0.25, -0.2) is 4.98 Å². The molecular formula is C56H40BN3OS. The molecule has 0 N–H and O–H groups in total. The van der Waals surface area contributed by atoms with Crippen molar-refractivity contribution >= 4 is 93.6 Å². The monoisotopic (exact) mass is 813 g/mol. The molecule has 294 valence electrons. The van der Waals surface area contributed by atoms with Crippen LogP contribution in [0.5, 0.6) is 0 Å². The van der Waals surface area contributed by atoms with Crippen LogP contribution >= 0.6 is 11.3 Å². The summed E-state index contributed by atoms with van der Waals surface area (Å²) in [4.78, 5) is 7.85. The molecule has 0 saturated heterocycles. The molecule has 11 aromatic rings. The van der Waals surface area contributed by atoms with Crippen molar-refractivity contribution in [1.82, 2.24) is 9.55 Å². The van der Waals surface area contributed by atoms with E-state index in [9.17, 15) is 0 Å². The topological polar surface area (TPSA) is 34.2 Å². The fourth-order valence-corrected chi connectivity index (χ4v) is 12.5. The molecule has 0 radical (unpaired) electrons. The van der Waals surface area contributed by atoms with Crippen LogP contribution in [0.3, 0.4) is 0 Å². The molecule has 2 aliphatic heterocycles. The van der Waals surface area contributed by atoms with E-state index in [1.165, 1.54) is 103 Å². The average Bonchev–Trinajstić information content (AvgIpc) is 4.02. The van der Waals surface area contributed by atoms with Gasteiger partial charge in [-0.1, -0.05) is 120 Å². The Morgan fingerprint density at radius 3 is 2.24 bits per heavy atom. The number of nitrogens with zero attached hydrogens (tertiary/aromatic N) is 3. The van der Waals surface area contributed by atoms with Crippen molar-refractivity contribution in [2.24, 2.45) is 0 Å². The Morgan fingerprint density at radius 1 is 0.613 bits per heavy atom.